The first kappa shape index (κ1) is 23.2. The SMILES string of the molecule is CN=C(NCCN1CCCCC1)NCc1ccc(N2CCOCC2)c(F)c1.I. The second kappa shape index (κ2) is 12.4. The lowest BCUT2D eigenvalue weighted by atomic mass is 10.1. The molecule has 0 radical (unpaired) electrons. The Hall–Kier alpha value is -1.13. The minimum Gasteiger partial charge on any atom is -0.378 e. The predicted molar refractivity (Wildman–Crippen MR) is 123 cm³/mol. The molecule has 0 saturated carbocycles. The van der Waals surface area contributed by atoms with E-state index in [9.17, 15) is 4.39 Å². The van der Waals surface area contributed by atoms with Crippen molar-refractivity contribution in [1.29, 1.82) is 0 Å². The quantitative estimate of drug-likeness (QED) is 0.354. The Morgan fingerprint density at radius 3 is 2.54 bits per heavy atom. The molecule has 0 amide bonds. The second-order valence-corrected chi connectivity index (χ2v) is 7.14. The van der Waals surface area contributed by atoms with Crippen LogP contribution < -0.4 is 15.5 Å². The molecule has 2 N–H and O–H groups in total. The number of hydrogen-bond donors (Lipinski definition) is 2. The third-order valence-electron chi connectivity index (χ3n) is 5.22. The highest BCUT2D eigenvalue weighted by Crippen LogP contribution is 2.21. The van der Waals surface area contributed by atoms with Crippen molar-refractivity contribution in [3.8, 4) is 0 Å². The van der Waals surface area contributed by atoms with Crippen LogP contribution >= 0.6 is 24.0 Å². The molecule has 28 heavy (non-hydrogen) atoms. The lowest BCUT2D eigenvalue weighted by molar-refractivity contribution is 0.122. The van der Waals surface area contributed by atoms with Gasteiger partial charge in [0, 0.05) is 39.8 Å². The number of piperidine rings is 1. The molecule has 1 aromatic rings. The smallest absolute Gasteiger partial charge is 0.191 e. The largest absolute Gasteiger partial charge is 0.378 e. The number of morpholine rings is 1. The van der Waals surface area contributed by atoms with Gasteiger partial charge >= 0.3 is 0 Å². The summed E-state index contributed by atoms with van der Waals surface area (Å²) in [5, 5.41) is 6.62. The molecular formula is C20H33FIN5O. The van der Waals surface area contributed by atoms with E-state index in [-0.39, 0.29) is 29.8 Å². The number of nitrogens with zero attached hydrogens (tertiary/aromatic N) is 3. The van der Waals surface area contributed by atoms with Gasteiger partial charge in [0.25, 0.3) is 0 Å². The molecule has 2 heterocycles. The monoisotopic (exact) mass is 505 g/mol. The van der Waals surface area contributed by atoms with Crippen molar-refractivity contribution in [2.24, 2.45) is 4.99 Å². The summed E-state index contributed by atoms with van der Waals surface area (Å²) in [4.78, 5) is 8.79. The summed E-state index contributed by atoms with van der Waals surface area (Å²) in [6, 6.07) is 5.45. The average molecular weight is 505 g/mol. The first-order valence-corrected chi connectivity index (χ1v) is 10.0. The summed E-state index contributed by atoms with van der Waals surface area (Å²) in [6.45, 7) is 7.62. The van der Waals surface area contributed by atoms with Crippen molar-refractivity contribution in [3.63, 3.8) is 0 Å². The zero-order valence-electron chi connectivity index (χ0n) is 16.8. The van der Waals surface area contributed by atoms with Gasteiger partial charge in [-0.1, -0.05) is 12.5 Å². The van der Waals surface area contributed by atoms with E-state index in [2.05, 4.69) is 20.5 Å². The molecule has 2 saturated heterocycles. The van der Waals surface area contributed by atoms with Crippen molar-refractivity contribution >= 4 is 35.6 Å². The van der Waals surface area contributed by atoms with Gasteiger partial charge in [-0.2, -0.15) is 0 Å². The summed E-state index contributed by atoms with van der Waals surface area (Å²) < 4.78 is 19.8. The highest BCUT2D eigenvalue weighted by molar-refractivity contribution is 14.0. The predicted octanol–water partition coefficient (Wildman–Crippen LogP) is 2.43. The fourth-order valence-corrected chi connectivity index (χ4v) is 3.64. The number of benzene rings is 1. The Balaban J connectivity index is 0.00000280. The summed E-state index contributed by atoms with van der Waals surface area (Å²) in [5.41, 5.74) is 1.56. The van der Waals surface area contributed by atoms with Crippen LogP contribution in [0.25, 0.3) is 0 Å². The first-order chi connectivity index (χ1) is 13.3. The van der Waals surface area contributed by atoms with Gasteiger partial charge in [0.1, 0.15) is 5.82 Å². The lowest BCUT2D eigenvalue weighted by Crippen LogP contribution is -2.42. The molecule has 2 aliphatic heterocycles. The van der Waals surface area contributed by atoms with E-state index < -0.39 is 0 Å². The van der Waals surface area contributed by atoms with Gasteiger partial charge in [0.05, 0.1) is 18.9 Å². The molecule has 2 aliphatic rings. The standard InChI is InChI=1S/C20H32FN5O.HI/c1-22-20(23-7-10-25-8-3-2-4-9-25)24-16-17-5-6-19(18(21)15-17)26-11-13-27-14-12-26;/h5-6,15H,2-4,7-14,16H2,1H3,(H2,22,23,24);1H. The molecule has 6 nitrogen and oxygen atoms in total. The summed E-state index contributed by atoms with van der Waals surface area (Å²) in [5.74, 6) is 0.578. The van der Waals surface area contributed by atoms with E-state index in [1.165, 1.54) is 32.4 Å². The van der Waals surface area contributed by atoms with Gasteiger partial charge in [-0.05, 0) is 43.6 Å². The van der Waals surface area contributed by atoms with Crippen LogP contribution in [0.15, 0.2) is 23.2 Å². The Labute approximate surface area is 184 Å². The third-order valence-corrected chi connectivity index (χ3v) is 5.22. The summed E-state index contributed by atoms with van der Waals surface area (Å²) in [6.07, 6.45) is 3.96. The molecular weight excluding hydrogens is 472 g/mol. The van der Waals surface area contributed by atoms with Gasteiger partial charge in [0.15, 0.2) is 5.96 Å². The van der Waals surface area contributed by atoms with E-state index in [4.69, 9.17) is 4.74 Å². The third kappa shape index (κ3) is 7.04. The van der Waals surface area contributed by atoms with E-state index >= 15 is 0 Å². The summed E-state index contributed by atoms with van der Waals surface area (Å²) in [7, 11) is 1.76. The van der Waals surface area contributed by atoms with Crippen LogP contribution in [-0.2, 0) is 11.3 Å². The minimum atomic E-state index is -0.177. The minimum absolute atomic E-state index is 0. The number of halogens is 2. The van der Waals surface area contributed by atoms with Crippen LogP contribution in [0.4, 0.5) is 10.1 Å². The van der Waals surface area contributed by atoms with E-state index in [0.717, 1.165) is 37.7 Å². The average Bonchev–Trinajstić information content (AvgIpc) is 2.72. The number of aliphatic imine (C=N–C) groups is 1. The number of rotatable bonds is 6. The van der Waals surface area contributed by atoms with Crippen molar-refractivity contribution < 1.29 is 9.13 Å². The van der Waals surface area contributed by atoms with Gasteiger partial charge in [0.2, 0.25) is 0 Å². The topological polar surface area (TPSA) is 52.1 Å². The van der Waals surface area contributed by atoms with Gasteiger partial charge < -0.3 is 25.2 Å². The van der Waals surface area contributed by atoms with Crippen LogP contribution in [0.3, 0.4) is 0 Å². The van der Waals surface area contributed by atoms with Crippen LogP contribution in [-0.4, -0.2) is 70.4 Å². The number of nitrogens with one attached hydrogen (secondary N) is 2. The van der Waals surface area contributed by atoms with Crippen LogP contribution in [0.5, 0.6) is 0 Å². The Morgan fingerprint density at radius 2 is 1.86 bits per heavy atom. The zero-order valence-corrected chi connectivity index (χ0v) is 19.1. The number of guanidine groups is 1. The second-order valence-electron chi connectivity index (χ2n) is 7.14. The highest BCUT2D eigenvalue weighted by Gasteiger charge is 2.15. The van der Waals surface area contributed by atoms with Gasteiger partial charge in [-0.3, -0.25) is 4.99 Å². The zero-order chi connectivity index (χ0) is 18.9. The van der Waals surface area contributed by atoms with Crippen molar-refractivity contribution in [2.45, 2.75) is 25.8 Å². The molecule has 0 aromatic heterocycles. The molecule has 0 atom stereocenters. The number of anilines is 1. The molecule has 3 rings (SSSR count). The van der Waals surface area contributed by atoms with Crippen LogP contribution in [0.1, 0.15) is 24.8 Å². The van der Waals surface area contributed by atoms with Crippen LogP contribution in [0, 0.1) is 5.82 Å². The molecule has 8 heteroatoms. The maximum Gasteiger partial charge on any atom is 0.191 e. The Morgan fingerprint density at radius 1 is 1.11 bits per heavy atom. The maximum absolute atomic E-state index is 14.5. The number of hydrogen-bond acceptors (Lipinski definition) is 4. The molecule has 0 aliphatic carbocycles. The molecule has 0 bridgehead atoms. The van der Waals surface area contributed by atoms with E-state index in [1.54, 1.807) is 13.1 Å². The molecule has 158 valence electrons. The van der Waals surface area contributed by atoms with E-state index in [1.807, 2.05) is 17.0 Å². The Bertz CT molecular complexity index is 619. The summed E-state index contributed by atoms with van der Waals surface area (Å²) >= 11 is 0. The van der Waals surface area contributed by atoms with Crippen LogP contribution in [0.2, 0.25) is 0 Å². The highest BCUT2D eigenvalue weighted by atomic mass is 127. The molecule has 0 spiro atoms. The Kier molecular flexibility index (Phi) is 10.3. The van der Waals surface area contributed by atoms with E-state index in [0.29, 0.717) is 25.4 Å². The van der Waals surface area contributed by atoms with Crippen molar-refractivity contribution in [3.05, 3.63) is 29.6 Å². The number of ether oxygens (including phenoxy) is 1. The normalized spacial score (nSPS) is 18.5. The van der Waals surface area contributed by atoms with Crippen molar-refractivity contribution in [1.82, 2.24) is 15.5 Å². The fraction of sp³-hybridized carbons (Fsp3) is 0.650. The molecule has 1 aromatic carbocycles. The fourth-order valence-electron chi connectivity index (χ4n) is 3.64. The maximum atomic E-state index is 14.5. The molecule has 2 fully saturated rings. The first-order valence-electron chi connectivity index (χ1n) is 10.0. The number of likely N-dealkylation sites (tertiary alicyclic amines) is 1. The molecule has 0 unspecified atom stereocenters. The van der Waals surface area contributed by atoms with Gasteiger partial charge in [-0.25, -0.2) is 4.39 Å². The van der Waals surface area contributed by atoms with Crippen molar-refractivity contribution in [2.75, 3.05) is 64.4 Å². The van der Waals surface area contributed by atoms with Gasteiger partial charge in [-0.15, -0.1) is 24.0 Å². The lowest BCUT2D eigenvalue weighted by Gasteiger charge is -2.29.